The fourth-order valence-corrected chi connectivity index (χ4v) is 2.67. The third kappa shape index (κ3) is 4.76. The van der Waals surface area contributed by atoms with E-state index in [1.54, 1.807) is 12.1 Å². The number of carbonyl (C=O) groups excluding carboxylic acids is 1. The highest BCUT2D eigenvalue weighted by atomic mass is 35.5. The highest BCUT2D eigenvalue weighted by molar-refractivity contribution is 7.12. The van der Waals surface area contributed by atoms with Crippen molar-refractivity contribution < 1.29 is 9.53 Å². The molecule has 1 amide bonds. The predicted octanol–water partition coefficient (Wildman–Crippen LogP) is 4.51. The largest absolute Gasteiger partial charge is 0.489 e. The van der Waals surface area contributed by atoms with E-state index >= 15 is 0 Å². The molecule has 2 rings (SSSR count). The predicted molar refractivity (Wildman–Crippen MR) is 87.3 cm³/mol. The van der Waals surface area contributed by atoms with Crippen molar-refractivity contribution >= 4 is 28.8 Å². The van der Waals surface area contributed by atoms with Gasteiger partial charge in [0.15, 0.2) is 0 Å². The van der Waals surface area contributed by atoms with E-state index < -0.39 is 0 Å². The van der Waals surface area contributed by atoms with Crippen LogP contribution >= 0.6 is 22.9 Å². The molecule has 112 valence electrons. The minimum absolute atomic E-state index is 0.0247. The molecular formula is C16H18ClNO2S. The number of hydrogen-bond donors (Lipinski definition) is 1. The molecule has 0 fully saturated rings. The highest BCUT2D eigenvalue weighted by Crippen LogP contribution is 2.20. The molecule has 0 radical (unpaired) electrons. The van der Waals surface area contributed by atoms with Crippen LogP contribution in [-0.4, -0.2) is 11.9 Å². The van der Waals surface area contributed by atoms with Crippen LogP contribution in [0.3, 0.4) is 0 Å². The Morgan fingerprint density at radius 2 is 2.24 bits per heavy atom. The van der Waals surface area contributed by atoms with Crippen LogP contribution in [-0.2, 0) is 6.61 Å². The van der Waals surface area contributed by atoms with Crippen molar-refractivity contribution in [2.24, 2.45) is 0 Å². The van der Waals surface area contributed by atoms with Crippen LogP contribution in [0, 0.1) is 0 Å². The van der Waals surface area contributed by atoms with E-state index in [9.17, 15) is 4.79 Å². The van der Waals surface area contributed by atoms with Gasteiger partial charge in [-0.2, -0.15) is 0 Å². The van der Waals surface area contributed by atoms with Crippen molar-refractivity contribution in [2.45, 2.75) is 32.9 Å². The average Bonchev–Trinajstić information content (AvgIpc) is 2.94. The van der Waals surface area contributed by atoms with E-state index in [2.05, 4.69) is 5.32 Å². The first-order chi connectivity index (χ1) is 10.1. The average molecular weight is 324 g/mol. The molecule has 5 heteroatoms. The standard InChI is InChI=1S/C16H18ClNO2S/c1-3-11(2)18-16(19)15-7-12(10-21-15)9-20-14-6-4-5-13(17)8-14/h4-8,10-11H,3,9H2,1-2H3,(H,18,19). The smallest absolute Gasteiger partial charge is 0.261 e. The van der Waals surface area contributed by atoms with Gasteiger partial charge in [0, 0.05) is 16.6 Å². The zero-order valence-corrected chi connectivity index (χ0v) is 13.6. The Labute approximate surface area is 133 Å². The molecular weight excluding hydrogens is 306 g/mol. The maximum Gasteiger partial charge on any atom is 0.261 e. The second kappa shape index (κ2) is 7.48. The molecule has 0 bridgehead atoms. The molecule has 1 unspecified atom stereocenters. The summed E-state index contributed by atoms with van der Waals surface area (Å²) in [5.41, 5.74) is 0.981. The lowest BCUT2D eigenvalue weighted by Crippen LogP contribution is -2.31. The molecule has 3 nitrogen and oxygen atoms in total. The van der Waals surface area contributed by atoms with Gasteiger partial charge in [-0.3, -0.25) is 4.79 Å². The molecule has 1 N–H and O–H groups in total. The van der Waals surface area contributed by atoms with E-state index in [0.29, 0.717) is 16.5 Å². The van der Waals surface area contributed by atoms with Crippen molar-refractivity contribution in [2.75, 3.05) is 0 Å². The maximum absolute atomic E-state index is 12.0. The summed E-state index contributed by atoms with van der Waals surface area (Å²) < 4.78 is 5.66. The Morgan fingerprint density at radius 3 is 2.95 bits per heavy atom. The van der Waals surface area contributed by atoms with Crippen LogP contribution in [0.2, 0.25) is 5.02 Å². The first-order valence-corrected chi connectivity index (χ1v) is 8.11. The summed E-state index contributed by atoms with van der Waals surface area (Å²) in [6.07, 6.45) is 0.919. The molecule has 0 aliphatic rings. The molecule has 1 aromatic heterocycles. The Morgan fingerprint density at radius 1 is 1.43 bits per heavy atom. The molecule has 0 aliphatic carbocycles. The maximum atomic E-state index is 12.0. The lowest BCUT2D eigenvalue weighted by molar-refractivity contribution is 0.0943. The fourth-order valence-electron chi connectivity index (χ4n) is 1.69. The van der Waals surface area contributed by atoms with Crippen molar-refractivity contribution in [1.82, 2.24) is 5.32 Å². The van der Waals surface area contributed by atoms with Gasteiger partial charge in [-0.25, -0.2) is 0 Å². The zero-order chi connectivity index (χ0) is 15.2. The summed E-state index contributed by atoms with van der Waals surface area (Å²) in [4.78, 5) is 12.7. The van der Waals surface area contributed by atoms with E-state index in [4.69, 9.17) is 16.3 Å². The normalized spacial score (nSPS) is 12.0. The van der Waals surface area contributed by atoms with Crippen LogP contribution < -0.4 is 10.1 Å². The third-order valence-electron chi connectivity index (χ3n) is 3.07. The van der Waals surface area contributed by atoms with E-state index in [-0.39, 0.29) is 11.9 Å². The molecule has 0 saturated carbocycles. The van der Waals surface area contributed by atoms with Gasteiger partial charge in [-0.1, -0.05) is 24.6 Å². The van der Waals surface area contributed by atoms with Crippen LogP contribution in [0.4, 0.5) is 0 Å². The van der Waals surface area contributed by atoms with E-state index in [1.807, 2.05) is 37.4 Å². The second-order valence-electron chi connectivity index (χ2n) is 4.85. The Bertz CT molecular complexity index is 612. The number of amides is 1. The summed E-state index contributed by atoms with van der Waals surface area (Å²) in [5.74, 6) is 0.697. The first kappa shape index (κ1) is 15.9. The number of thiophene rings is 1. The van der Waals surface area contributed by atoms with Crippen molar-refractivity contribution in [3.63, 3.8) is 0 Å². The topological polar surface area (TPSA) is 38.3 Å². The van der Waals surface area contributed by atoms with Gasteiger partial charge in [0.2, 0.25) is 0 Å². The number of rotatable bonds is 6. The molecule has 1 atom stereocenters. The van der Waals surface area contributed by atoms with Crippen molar-refractivity contribution in [3.8, 4) is 5.75 Å². The quantitative estimate of drug-likeness (QED) is 0.849. The fraction of sp³-hybridized carbons (Fsp3) is 0.312. The van der Waals surface area contributed by atoms with E-state index in [0.717, 1.165) is 17.7 Å². The van der Waals surface area contributed by atoms with Crippen LogP contribution in [0.1, 0.15) is 35.5 Å². The van der Waals surface area contributed by atoms with Crippen molar-refractivity contribution in [3.05, 3.63) is 51.2 Å². The molecule has 0 spiro atoms. The number of nitrogens with one attached hydrogen (secondary N) is 1. The number of benzene rings is 1. The Hall–Kier alpha value is -1.52. The van der Waals surface area contributed by atoms with Gasteiger partial charge in [0.05, 0.1) is 4.88 Å². The van der Waals surface area contributed by atoms with Gasteiger partial charge in [-0.05, 0) is 43.0 Å². The summed E-state index contributed by atoms with van der Waals surface area (Å²) in [6, 6.07) is 9.32. The summed E-state index contributed by atoms with van der Waals surface area (Å²) in [6.45, 7) is 4.46. The second-order valence-corrected chi connectivity index (χ2v) is 6.20. The van der Waals surface area contributed by atoms with Gasteiger partial charge in [0.25, 0.3) is 5.91 Å². The monoisotopic (exact) mass is 323 g/mol. The lowest BCUT2D eigenvalue weighted by atomic mass is 10.2. The number of halogens is 1. The molecule has 1 heterocycles. The van der Waals surface area contributed by atoms with Gasteiger partial charge in [-0.15, -0.1) is 11.3 Å². The lowest BCUT2D eigenvalue weighted by Gasteiger charge is -2.09. The highest BCUT2D eigenvalue weighted by Gasteiger charge is 2.11. The molecule has 21 heavy (non-hydrogen) atoms. The summed E-state index contributed by atoms with van der Waals surface area (Å²) in [5, 5.41) is 5.54. The SMILES string of the molecule is CCC(C)NC(=O)c1cc(COc2cccc(Cl)c2)cs1. The third-order valence-corrected chi connectivity index (χ3v) is 4.28. The summed E-state index contributed by atoms with van der Waals surface area (Å²) >= 11 is 7.33. The number of hydrogen-bond acceptors (Lipinski definition) is 3. The van der Waals surface area contributed by atoms with Gasteiger partial charge >= 0.3 is 0 Å². The van der Waals surface area contributed by atoms with Crippen LogP contribution in [0.5, 0.6) is 5.75 Å². The summed E-state index contributed by atoms with van der Waals surface area (Å²) in [7, 11) is 0. The molecule has 1 aromatic carbocycles. The van der Waals surface area contributed by atoms with E-state index in [1.165, 1.54) is 11.3 Å². The van der Waals surface area contributed by atoms with Crippen molar-refractivity contribution in [1.29, 1.82) is 0 Å². The van der Waals surface area contributed by atoms with Gasteiger partial charge in [0.1, 0.15) is 12.4 Å². The van der Waals surface area contributed by atoms with Crippen LogP contribution in [0.25, 0.3) is 0 Å². The number of carbonyl (C=O) groups is 1. The molecule has 0 saturated heterocycles. The minimum atomic E-state index is -0.0247. The minimum Gasteiger partial charge on any atom is -0.489 e. The Balaban J connectivity index is 1.92. The van der Waals surface area contributed by atoms with Gasteiger partial charge < -0.3 is 10.1 Å². The number of ether oxygens (including phenoxy) is 1. The molecule has 2 aromatic rings. The zero-order valence-electron chi connectivity index (χ0n) is 12.1. The molecule has 0 aliphatic heterocycles. The first-order valence-electron chi connectivity index (χ1n) is 6.85. The van der Waals surface area contributed by atoms with Crippen LogP contribution in [0.15, 0.2) is 35.7 Å². The Kier molecular flexibility index (Phi) is 5.65.